The van der Waals surface area contributed by atoms with Gasteiger partial charge in [-0.05, 0) is 32.8 Å². The van der Waals surface area contributed by atoms with E-state index in [1.54, 1.807) is 20.8 Å². The highest BCUT2D eigenvalue weighted by Gasteiger charge is 2.36. The van der Waals surface area contributed by atoms with Crippen molar-refractivity contribution in [3.05, 3.63) is 22.8 Å². The Kier molecular flexibility index (Phi) is 4.83. The maximum Gasteiger partial charge on any atom is 0.453 e. The molecule has 0 saturated carbocycles. The second-order valence-corrected chi connectivity index (χ2v) is 4.86. The normalized spacial score (nSPS) is 11.9. The molecule has 2 aromatic rings. The quantitative estimate of drug-likeness (QED) is 0.844. The Morgan fingerprint density at radius 2 is 2.00 bits per heavy atom. The van der Waals surface area contributed by atoms with Crippen LogP contribution in [0.1, 0.15) is 36.1 Å². The first-order valence-electron chi connectivity index (χ1n) is 6.94. The Bertz CT molecular complexity index is 726. The molecule has 10 heteroatoms. The van der Waals surface area contributed by atoms with Gasteiger partial charge in [0.15, 0.2) is 0 Å². The van der Waals surface area contributed by atoms with Gasteiger partial charge in [0.25, 0.3) is 11.6 Å². The number of alkyl halides is 3. The number of halogens is 3. The molecule has 0 saturated heterocycles. The average Bonchev–Trinajstić information content (AvgIpc) is 2.89. The van der Waals surface area contributed by atoms with E-state index in [4.69, 9.17) is 4.84 Å². The van der Waals surface area contributed by atoms with Gasteiger partial charge in [-0.1, -0.05) is 0 Å². The van der Waals surface area contributed by atoms with Crippen LogP contribution in [0, 0.1) is 13.8 Å². The highest BCUT2D eigenvalue weighted by molar-refractivity contribution is 5.75. The second kappa shape index (κ2) is 6.49. The summed E-state index contributed by atoms with van der Waals surface area (Å²) in [4.78, 5) is 23.8. The molecule has 126 valence electrons. The Hall–Kier alpha value is -2.23. The first-order chi connectivity index (χ1) is 10.7. The number of aromatic nitrogens is 4. The predicted octanol–water partition coefficient (Wildman–Crippen LogP) is 1.76. The lowest BCUT2D eigenvalue weighted by molar-refractivity contribution is -0.144. The maximum atomic E-state index is 12.7. The van der Waals surface area contributed by atoms with Crippen LogP contribution >= 0.6 is 0 Å². The molecule has 2 aromatic heterocycles. The lowest BCUT2D eigenvalue weighted by Crippen LogP contribution is -2.24. The van der Waals surface area contributed by atoms with E-state index in [0.717, 1.165) is 4.52 Å². The van der Waals surface area contributed by atoms with Gasteiger partial charge < -0.3 is 0 Å². The summed E-state index contributed by atoms with van der Waals surface area (Å²) in [6.07, 6.45) is -4.21. The van der Waals surface area contributed by atoms with Crippen molar-refractivity contribution >= 4 is 11.7 Å². The molecule has 0 atom stereocenters. The minimum Gasteiger partial charge on any atom is -0.274 e. The molecule has 2 heterocycles. The number of hydrogen-bond donors (Lipinski definition) is 1. The Labute approximate surface area is 129 Å². The minimum absolute atomic E-state index is 0.116. The number of carbonyl (C=O) groups is 1. The zero-order chi connectivity index (χ0) is 17.2. The highest BCUT2D eigenvalue weighted by atomic mass is 19.4. The number of rotatable bonds is 5. The Morgan fingerprint density at radius 1 is 1.30 bits per heavy atom. The number of fused-ring (bicyclic) bond motifs is 1. The molecule has 0 bridgehead atoms. The molecular weight excluding hydrogens is 315 g/mol. The van der Waals surface area contributed by atoms with Gasteiger partial charge in [-0.3, -0.25) is 9.63 Å². The lowest BCUT2D eigenvalue weighted by Gasteiger charge is -2.10. The number of nitrogens with zero attached hydrogens (tertiary/aromatic N) is 4. The molecule has 1 amide bonds. The van der Waals surface area contributed by atoms with Crippen molar-refractivity contribution in [2.75, 3.05) is 6.61 Å². The molecule has 1 N–H and O–H groups in total. The summed E-state index contributed by atoms with van der Waals surface area (Å²) < 4.78 is 39.1. The summed E-state index contributed by atoms with van der Waals surface area (Å²) in [5.74, 6) is -1.67. The van der Waals surface area contributed by atoms with Crippen LogP contribution in [0.3, 0.4) is 0 Å². The fourth-order valence-corrected chi connectivity index (χ4v) is 2.13. The van der Waals surface area contributed by atoms with Gasteiger partial charge in [-0.2, -0.15) is 18.2 Å². The van der Waals surface area contributed by atoms with Crippen LogP contribution in [0.4, 0.5) is 13.2 Å². The molecule has 0 radical (unpaired) electrons. The largest absolute Gasteiger partial charge is 0.453 e. The highest BCUT2D eigenvalue weighted by Crippen LogP contribution is 2.27. The van der Waals surface area contributed by atoms with E-state index in [-0.39, 0.29) is 18.1 Å². The summed E-state index contributed by atoms with van der Waals surface area (Å²) in [5, 5.41) is 3.45. The third kappa shape index (κ3) is 3.76. The third-order valence-corrected chi connectivity index (χ3v) is 3.23. The summed E-state index contributed by atoms with van der Waals surface area (Å²) in [6.45, 7) is 5.35. The molecule has 0 unspecified atom stereocenters. The molecule has 0 aliphatic heterocycles. The Morgan fingerprint density at radius 3 is 2.61 bits per heavy atom. The Balaban J connectivity index is 2.28. The zero-order valence-corrected chi connectivity index (χ0v) is 12.9. The number of aryl methyl sites for hydroxylation is 2. The summed E-state index contributed by atoms with van der Waals surface area (Å²) in [5.41, 5.74) is 3.90. The van der Waals surface area contributed by atoms with E-state index < -0.39 is 12.0 Å². The first-order valence-corrected chi connectivity index (χ1v) is 6.94. The van der Waals surface area contributed by atoms with E-state index in [1.165, 1.54) is 0 Å². The topological polar surface area (TPSA) is 81.4 Å². The van der Waals surface area contributed by atoms with Gasteiger partial charge in [0.1, 0.15) is 0 Å². The van der Waals surface area contributed by atoms with E-state index in [1.807, 2.05) is 0 Å². The standard InChI is InChI=1S/C13H16F3N5O2/c1-4-23-20-10(22)6-5-9-7(2)17-12-18-11(13(14,15)16)19-21(12)8(9)3/h4-6H2,1-3H3,(H,20,22). The monoisotopic (exact) mass is 331 g/mol. The molecule has 2 rings (SSSR count). The van der Waals surface area contributed by atoms with Crippen LogP contribution in [-0.4, -0.2) is 32.1 Å². The van der Waals surface area contributed by atoms with Crippen molar-refractivity contribution < 1.29 is 22.8 Å². The van der Waals surface area contributed by atoms with Crippen molar-refractivity contribution in [2.24, 2.45) is 0 Å². The van der Waals surface area contributed by atoms with E-state index in [2.05, 4.69) is 20.5 Å². The summed E-state index contributed by atoms with van der Waals surface area (Å²) >= 11 is 0. The molecule has 7 nitrogen and oxygen atoms in total. The van der Waals surface area contributed by atoms with E-state index in [0.29, 0.717) is 30.0 Å². The van der Waals surface area contributed by atoms with Gasteiger partial charge >= 0.3 is 6.18 Å². The molecule has 0 aromatic carbocycles. The molecule has 23 heavy (non-hydrogen) atoms. The van der Waals surface area contributed by atoms with Gasteiger partial charge in [0, 0.05) is 17.8 Å². The van der Waals surface area contributed by atoms with Crippen LogP contribution < -0.4 is 5.48 Å². The summed E-state index contributed by atoms with van der Waals surface area (Å²) in [6, 6.07) is 0. The first kappa shape index (κ1) is 17.1. The predicted molar refractivity (Wildman–Crippen MR) is 73.3 cm³/mol. The number of hydroxylamine groups is 1. The fraction of sp³-hybridized carbons (Fsp3) is 0.538. The van der Waals surface area contributed by atoms with Crippen LogP contribution in [0.2, 0.25) is 0 Å². The molecule has 0 spiro atoms. The van der Waals surface area contributed by atoms with Crippen molar-refractivity contribution in [1.29, 1.82) is 0 Å². The average molecular weight is 331 g/mol. The molecular formula is C13H16F3N5O2. The molecule has 0 aliphatic rings. The van der Waals surface area contributed by atoms with Crippen LogP contribution in [0.15, 0.2) is 0 Å². The van der Waals surface area contributed by atoms with Crippen molar-refractivity contribution in [3.8, 4) is 0 Å². The number of nitrogens with one attached hydrogen (secondary N) is 1. The smallest absolute Gasteiger partial charge is 0.274 e. The number of amides is 1. The van der Waals surface area contributed by atoms with Gasteiger partial charge in [-0.15, -0.1) is 5.10 Å². The van der Waals surface area contributed by atoms with Gasteiger partial charge in [-0.25, -0.2) is 15.0 Å². The zero-order valence-electron chi connectivity index (χ0n) is 12.9. The second-order valence-electron chi connectivity index (χ2n) is 4.86. The minimum atomic E-state index is -4.63. The van der Waals surface area contributed by atoms with E-state index in [9.17, 15) is 18.0 Å². The maximum absolute atomic E-state index is 12.7. The molecule has 0 fully saturated rings. The third-order valence-electron chi connectivity index (χ3n) is 3.23. The van der Waals surface area contributed by atoms with E-state index >= 15 is 0 Å². The van der Waals surface area contributed by atoms with Crippen LogP contribution in [0.25, 0.3) is 5.78 Å². The van der Waals surface area contributed by atoms with Crippen molar-refractivity contribution in [3.63, 3.8) is 0 Å². The molecule has 0 aliphatic carbocycles. The lowest BCUT2D eigenvalue weighted by atomic mass is 10.1. The SMILES string of the molecule is CCONC(=O)CCc1c(C)nc2nc(C(F)(F)F)nn2c1C. The van der Waals surface area contributed by atoms with Crippen LogP contribution in [0.5, 0.6) is 0 Å². The fourth-order valence-electron chi connectivity index (χ4n) is 2.13. The van der Waals surface area contributed by atoms with Crippen molar-refractivity contribution in [1.82, 2.24) is 25.1 Å². The van der Waals surface area contributed by atoms with Gasteiger partial charge in [0.05, 0.1) is 6.61 Å². The van der Waals surface area contributed by atoms with Crippen molar-refractivity contribution in [2.45, 2.75) is 39.8 Å². The van der Waals surface area contributed by atoms with Gasteiger partial charge in [0.2, 0.25) is 5.91 Å². The number of carbonyl (C=O) groups excluding carboxylic acids is 1. The number of hydrogen-bond acceptors (Lipinski definition) is 5. The van der Waals surface area contributed by atoms with Crippen LogP contribution in [-0.2, 0) is 22.2 Å². The summed E-state index contributed by atoms with van der Waals surface area (Å²) in [7, 11) is 0.